The van der Waals surface area contributed by atoms with E-state index in [2.05, 4.69) is 54.5 Å². The van der Waals surface area contributed by atoms with Crippen LogP contribution >= 0.6 is 0 Å². The second-order valence-corrected chi connectivity index (χ2v) is 13.6. The number of aliphatic hydroxyl groups is 1. The van der Waals surface area contributed by atoms with E-state index in [0.29, 0.717) is 16.2 Å². The molecule has 3 saturated carbocycles. The molecule has 1 nitrogen and oxygen atoms in total. The van der Waals surface area contributed by atoms with Crippen molar-refractivity contribution < 1.29 is 5.11 Å². The minimum atomic E-state index is -0.0907. The molecular weight excluding hydrogens is 376 g/mol. The molecule has 4 aliphatic rings. The summed E-state index contributed by atoms with van der Waals surface area (Å²) in [6, 6.07) is 0. The Balaban J connectivity index is 1.53. The van der Waals surface area contributed by atoms with E-state index in [1.807, 2.05) is 0 Å². The molecule has 1 N–H and O–H groups in total. The molecule has 4 aliphatic carbocycles. The van der Waals surface area contributed by atoms with E-state index in [1.54, 1.807) is 5.57 Å². The minimum absolute atomic E-state index is 0.0907. The van der Waals surface area contributed by atoms with Gasteiger partial charge in [-0.1, -0.05) is 73.0 Å². The van der Waals surface area contributed by atoms with Crippen LogP contribution in [0.15, 0.2) is 11.6 Å². The van der Waals surface area contributed by atoms with Gasteiger partial charge in [-0.05, 0) is 110 Å². The third-order valence-corrected chi connectivity index (χ3v) is 11.9. The largest absolute Gasteiger partial charge is 0.393 e. The predicted octanol–water partition coefficient (Wildman–Crippen LogP) is 8.41. The van der Waals surface area contributed by atoms with Gasteiger partial charge in [0.25, 0.3) is 0 Å². The van der Waals surface area contributed by atoms with Gasteiger partial charge in [-0.3, -0.25) is 0 Å². The van der Waals surface area contributed by atoms with E-state index in [1.165, 1.54) is 57.8 Å². The van der Waals surface area contributed by atoms with E-state index in [9.17, 15) is 5.11 Å². The molecule has 0 aromatic rings. The molecule has 1 heteroatoms. The topological polar surface area (TPSA) is 20.2 Å². The zero-order valence-electron chi connectivity index (χ0n) is 21.8. The van der Waals surface area contributed by atoms with E-state index in [0.717, 1.165) is 48.3 Å². The van der Waals surface area contributed by atoms with Crippen molar-refractivity contribution in [2.75, 3.05) is 0 Å². The van der Waals surface area contributed by atoms with Crippen molar-refractivity contribution in [3.05, 3.63) is 11.6 Å². The highest BCUT2D eigenvalue weighted by Gasteiger charge is 2.63. The highest BCUT2D eigenvalue weighted by atomic mass is 16.3. The molecule has 0 spiro atoms. The van der Waals surface area contributed by atoms with Crippen LogP contribution in [-0.4, -0.2) is 11.2 Å². The second-order valence-electron chi connectivity index (χ2n) is 13.6. The summed E-state index contributed by atoms with van der Waals surface area (Å²) < 4.78 is 0. The molecule has 0 amide bonds. The first-order chi connectivity index (χ1) is 14.6. The predicted molar refractivity (Wildman–Crippen MR) is 133 cm³/mol. The lowest BCUT2D eigenvalue weighted by Crippen LogP contribution is -2.56. The van der Waals surface area contributed by atoms with Crippen LogP contribution in [0.1, 0.15) is 119 Å². The lowest BCUT2D eigenvalue weighted by atomic mass is 9.41. The quantitative estimate of drug-likeness (QED) is 0.421. The van der Waals surface area contributed by atoms with Gasteiger partial charge < -0.3 is 5.11 Å². The Kier molecular flexibility index (Phi) is 6.53. The van der Waals surface area contributed by atoms with Gasteiger partial charge in [0, 0.05) is 0 Å². The Morgan fingerprint density at radius 1 is 0.935 bits per heavy atom. The molecule has 0 aromatic carbocycles. The number of allylic oxidation sites excluding steroid dienone is 1. The number of fused-ring (bicyclic) bond motifs is 5. The molecule has 0 heterocycles. The van der Waals surface area contributed by atoms with E-state index < -0.39 is 0 Å². The Morgan fingerprint density at radius 3 is 2.35 bits per heavy atom. The molecule has 4 rings (SSSR count). The van der Waals surface area contributed by atoms with Crippen LogP contribution in [0.3, 0.4) is 0 Å². The Hall–Kier alpha value is -0.300. The van der Waals surface area contributed by atoms with Crippen molar-refractivity contribution in [2.45, 2.75) is 125 Å². The lowest BCUT2D eigenvalue weighted by molar-refractivity contribution is -0.114. The molecule has 0 bridgehead atoms. The van der Waals surface area contributed by atoms with Crippen LogP contribution < -0.4 is 0 Å². The summed E-state index contributed by atoms with van der Waals surface area (Å²) in [6.07, 6.45) is 16.9. The van der Waals surface area contributed by atoms with Crippen LogP contribution in [0.25, 0.3) is 0 Å². The Bertz CT molecular complexity index is 678. The normalized spacial score (nSPS) is 46.7. The molecule has 178 valence electrons. The lowest BCUT2D eigenvalue weighted by Gasteiger charge is -2.63. The third-order valence-electron chi connectivity index (χ3n) is 11.9. The summed E-state index contributed by atoms with van der Waals surface area (Å²) in [4.78, 5) is 0. The summed E-state index contributed by atoms with van der Waals surface area (Å²) in [7, 11) is 0. The fraction of sp³-hybridized carbons (Fsp3) is 0.933. The molecule has 3 fully saturated rings. The maximum absolute atomic E-state index is 10.3. The van der Waals surface area contributed by atoms with Crippen molar-refractivity contribution in [3.63, 3.8) is 0 Å². The molecule has 31 heavy (non-hydrogen) atoms. The van der Waals surface area contributed by atoms with Gasteiger partial charge in [-0.2, -0.15) is 0 Å². The van der Waals surface area contributed by atoms with Gasteiger partial charge in [0.1, 0.15) is 0 Å². The third kappa shape index (κ3) is 3.77. The zero-order valence-corrected chi connectivity index (χ0v) is 21.8. The number of aliphatic hydroxyl groups excluding tert-OH is 1. The summed E-state index contributed by atoms with van der Waals surface area (Å²) in [5.74, 6) is 5.25. The van der Waals surface area contributed by atoms with E-state index in [4.69, 9.17) is 0 Å². The van der Waals surface area contributed by atoms with E-state index in [-0.39, 0.29) is 6.10 Å². The Labute approximate surface area is 193 Å². The monoisotopic (exact) mass is 428 g/mol. The maximum Gasteiger partial charge on any atom is 0.0577 e. The fourth-order valence-corrected chi connectivity index (χ4v) is 9.96. The number of rotatable bonds is 6. The van der Waals surface area contributed by atoms with Gasteiger partial charge in [-0.25, -0.2) is 0 Å². The number of hydrogen-bond donors (Lipinski definition) is 1. The van der Waals surface area contributed by atoms with Crippen LogP contribution in [0.2, 0.25) is 0 Å². The van der Waals surface area contributed by atoms with Crippen LogP contribution in [-0.2, 0) is 0 Å². The zero-order chi connectivity index (χ0) is 22.6. The van der Waals surface area contributed by atoms with Crippen molar-refractivity contribution >= 4 is 0 Å². The Morgan fingerprint density at radius 2 is 1.68 bits per heavy atom. The summed E-state index contributed by atoms with van der Waals surface area (Å²) in [5.41, 5.74) is 2.97. The fourth-order valence-electron chi connectivity index (χ4n) is 9.96. The standard InChI is InChI=1S/C30H52O/c1-8-22(20(2)3)10-9-21(4)25-11-12-26-29(25,6)18-15-27-28(5)17-14-24(31)19-23(28)13-16-30(26,27)7/h13,20-22,24-27,31H,8-12,14-19H2,1-7H3/t21-,22-,24+,25-,26-,27-,28+,29-,30+/m1/s1. The minimum Gasteiger partial charge on any atom is -0.393 e. The summed E-state index contributed by atoms with van der Waals surface area (Å²) in [6.45, 7) is 17.8. The van der Waals surface area contributed by atoms with E-state index >= 15 is 0 Å². The first kappa shape index (κ1) is 23.8. The van der Waals surface area contributed by atoms with Crippen LogP contribution in [0, 0.1) is 51.8 Å². The van der Waals surface area contributed by atoms with Crippen molar-refractivity contribution in [1.82, 2.24) is 0 Å². The van der Waals surface area contributed by atoms with Crippen LogP contribution in [0.5, 0.6) is 0 Å². The molecular formula is C30H52O. The molecule has 0 unspecified atom stereocenters. The first-order valence-electron chi connectivity index (χ1n) is 13.9. The highest BCUT2D eigenvalue weighted by Crippen LogP contribution is 2.71. The summed E-state index contributed by atoms with van der Waals surface area (Å²) in [5, 5.41) is 10.3. The number of hydrogen-bond acceptors (Lipinski definition) is 1. The van der Waals surface area contributed by atoms with Gasteiger partial charge in [-0.15, -0.1) is 0 Å². The highest BCUT2D eigenvalue weighted by molar-refractivity contribution is 5.28. The van der Waals surface area contributed by atoms with Crippen molar-refractivity contribution in [2.24, 2.45) is 51.8 Å². The van der Waals surface area contributed by atoms with Gasteiger partial charge in [0.05, 0.1) is 6.10 Å². The van der Waals surface area contributed by atoms with Gasteiger partial charge >= 0.3 is 0 Å². The van der Waals surface area contributed by atoms with Crippen molar-refractivity contribution in [3.8, 4) is 0 Å². The molecule has 0 aromatic heterocycles. The average Bonchev–Trinajstić information content (AvgIpc) is 3.07. The average molecular weight is 429 g/mol. The van der Waals surface area contributed by atoms with Gasteiger partial charge in [0.15, 0.2) is 0 Å². The molecule has 0 saturated heterocycles. The van der Waals surface area contributed by atoms with Crippen molar-refractivity contribution in [1.29, 1.82) is 0 Å². The molecule has 0 aliphatic heterocycles. The SMILES string of the molecule is CC[C@H](CC[C@@H](C)[C@H]1CC[C@@H]2[C@]1(C)CC[C@H]1[C@@]2(C)CC=C2C[C@@H](O)CC[C@@]21C)C(C)C. The molecule has 9 atom stereocenters. The molecule has 0 radical (unpaired) electrons. The summed E-state index contributed by atoms with van der Waals surface area (Å²) >= 11 is 0. The van der Waals surface area contributed by atoms with Crippen LogP contribution in [0.4, 0.5) is 0 Å². The van der Waals surface area contributed by atoms with Gasteiger partial charge in [0.2, 0.25) is 0 Å². The maximum atomic E-state index is 10.3. The first-order valence-corrected chi connectivity index (χ1v) is 13.9. The smallest absolute Gasteiger partial charge is 0.0577 e. The second kappa shape index (κ2) is 8.48.